The summed E-state index contributed by atoms with van der Waals surface area (Å²) in [5, 5.41) is 10.7. The van der Waals surface area contributed by atoms with E-state index in [0.29, 0.717) is 24.9 Å². The number of amides is 3. The quantitative estimate of drug-likeness (QED) is 0.874. The van der Waals surface area contributed by atoms with Crippen molar-refractivity contribution < 1.29 is 14.0 Å². The van der Waals surface area contributed by atoms with Gasteiger partial charge in [-0.05, 0) is 26.3 Å². The van der Waals surface area contributed by atoms with Crippen molar-refractivity contribution in [1.29, 1.82) is 0 Å². The first-order valence-electron chi connectivity index (χ1n) is 7.68. The second-order valence-electron chi connectivity index (χ2n) is 5.90. The van der Waals surface area contributed by atoms with E-state index in [-0.39, 0.29) is 30.4 Å². The van der Waals surface area contributed by atoms with Crippen LogP contribution in [0, 0.1) is 6.92 Å². The first-order chi connectivity index (χ1) is 10.6. The van der Waals surface area contributed by atoms with E-state index in [1.54, 1.807) is 6.92 Å². The highest BCUT2D eigenvalue weighted by Crippen LogP contribution is 2.31. The third kappa shape index (κ3) is 2.83. The average Bonchev–Trinajstić information content (AvgIpc) is 3.10. The molecule has 2 aliphatic rings. The molecule has 0 aliphatic carbocycles. The number of carbonyl (C=O) groups is 2. The summed E-state index contributed by atoms with van der Waals surface area (Å²) in [5.41, 5.74) is 0. The van der Waals surface area contributed by atoms with E-state index in [4.69, 9.17) is 4.42 Å². The first kappa shape index (κ1) is 15.0. The summed E-state index contributed by atoms with van der Waals surface area (Å²) in [6.45, 7) is 5.92. The zero-order valence-corrected chi connectivity index (χ0v) is 12.9. The molecular weight excluding hydrogens is 286 g/mol. The number of hydrogen-bond acceptors (Lipinski definition) is 6. The molecule has 8 heteroatoms. The number of nitrogens with zero attached hydrogens (tertiary/aromatic N) is 4. The average molecular weight is 307 g/mol. The molecule has 0 spiro atoms. The van der Waals surface area contributed by atoms with Crippen molar-refractivity contribution in [2.45, 2.75) is 38.6 Å². The number of likely N-dealkylation sites (tertiary alicyclic amines) is 1. The van der Waals surface area contributed by atoms with Crippen molar-refractivity contribution in [3.63, 3.8) is 0 Å². The van der Waals surface area contributed by atoms with Crippen LogP contribution < -0.4 is 5.32 Å². The number of nitrogens with one attached hydrogen (secondary N) is 1. The van der Waals surface area contributed by atoms with Gasteiger partial charge in [0.05, 0.1) is 12.5 Å². The zero-order chi connectivity index (χ0) is 15.7. The van der Waals surface area contributed by atoms with Crippen LogP contribution in [0.2, 0.25) is 0 Å². The molecule has 120 valence electrons. The normalized spacial score (nSPS) is 26.3. The fraction of sp³-hybridized carbons (Fsp3) is 0.714. The Kier molecular flexibility index (Phi) is 4.10. The van der Waals surface area contributed by atoms with Gasteiger partial charge in [0, 0.05) is 26.1 Å². The molecule has 8 nitrogen and oxygen atoms in total. The zero-order valence-electron chi connectivity index (χ0n) is 12.9. The van der Waals surface area contributed by atoms with E-state index < -0.39 is 0 Å². The smallest absolute Gasteiger partial charge is 0.324 e. The molecule has 3 rings (SSSR count). The lowest BCUT2D eigenvalue weighted by molar-refractivity contribution is -0.129. The number of piperidine rings is 1. The highest BCUT2D eigenvalue weighted by Gasteiger charge is 2.35. The van der Waals surface area contributed by atoms with Crippen LogP contribution in [0.25, 0.3) is 0 Å². The van der Waals surface area contributed by atoms with Crippen molar-refractivity contribution in [2.75, 3.05) is 26.2 Å². The minimum Gasteiger partial charge on any atom is -0.425 e. The lowest BCUT2D eigenvalue weighted by Gasteiger charge is -2.37. The molecule has 3 amide bonds. The standard InChI is InChI=1S/C14H21N5O3/c1-9-11(13-17-16-10(2)22-13)4-3-6-18(9)8-12(20)19-7-5-15-14(19)21/h9,11H,3-8H2,1-2H3,(H,15,21)/t9-,11-/m0/s1. The molecule has 0 aromatic carbocycles. The number of hydrogen-bond donors (Lipinski definition) is 1. The van der Waals surface area contributed by atoms with Crippen LogP contribution in [-0.4, -0.2) is 64.2 Å². The van der Waals surface area contributed by atoms with E-state index in [2.05, 4.69) is 27.3 Å². The van der Waals surface area contributed by atoms with Crippen LogP contribution in [0.15, 0.2) is 4.42 Å². The molecule has 1 aromatic rings. The maximum Gasteiger partial charge on any atom is 0.324 e. The number of rotatable bonds is 3. The van der Waals surface area contributed by atoms with Crippen LogP contribution in [0.4, 0.5) is 4.79 Å². The summed E-state index contributed by atoms with van der Waals surface area (Å²) in [6, 6.07) is -0.165. The summed E-state index contributed by atoms with van der Waals surface area (Å²) < 4.78 is 5.56. The second kappa shape index (κ2) is 6.04. The van der Waals surface area contributed by atoms with Gasteiger partial charge in [0.1, 0.15) is 0 Å². The molecule has 1 N–H and O–H groups in total. The Balaban J connectivity index is 1.66. The van der Waals surface area contributed by atoms with Crippen LogP contribution in [0.1, 0.15) is 37.5 Å². The van der Waals surface area contributed by atoms with Crippen LogP contribution in [0.5, 0.6) is 0 Å². The second-order valence-corrected chi connectivity index (χ2v) is 5.90. The number of aryl methyl sites for hydroxylation is 1. The predicted octanol–water partition coefficient (Wildman–Crippen LogP) is 0.498. The third-order valence-corrected chi connectivity index (χ3v) is 4.47. The minimum absolute atomic E-state index is 0.128. The molecule has 2 fully saturated rings. The Morgan fingerprint density at radius 2 is 2.23 bits per heavy atom. The van der Waals surface area contributed by atoms with Crippen molar-refractivity contribution >= 4 is 11.9 Å². The molecular formula is C14H21N5O3. The molecule has 2 saturated heterocycles. The van der Waals surface area contributed by atoms with Crippen molar-refractivity contribution in [3.05, 3.63) is 11.8 Å². The maximum atomic E-state index is 12.3. The van der Waals surface area contributed by atoms with E-state index >= 15 is 0 Å². The molecule has 0 radical (unpaired) electrons. The fourth-order valence-corrected chi connectivity index (χ4v) is 3.20. The Morgan fingerprint density at radius 3 is 2.86 bits per heavy atom. The number of urea groups is 1. The lowest BCUT2D eigenvalue weighted by atomic mass is 9.90. The molecule has 2 atom stereocenters. The van der Waals surface area contributed by atoms with E-state index in [1.807, 2.05) is 0 Å². The molecule has 3 heterocycles. The van der Waals surface area contributed by atoms with Crippen LogP contribution >= 0.6 is 0 Å². The lowest BCUT2D eigenvalue weighted by Crippen LogP contribution is -2.48. The van der Waals surface area contributed by atoms with Gasteiger partial charge in [0.2, 0.25) is 17.7 Å². The first-order valence-corrected chi connectivity index (χ1v) is 7.68. The Morgan fingerprint density at radius 1 is 1.41 bits per heavy atom. The monoisotopic (exact) mass is 307 g/mol. The molecule has 0 saturated carbocycles. The highest BCUT2D eigenvalue weighted by atomic mass is 16.4. The summed E-state index contributed by atoms with van der Waals surface area (Å²) >= 11 is 0. The van der Waals surface area contributed by atoms with Crippen molar-refractivity contribution in [1.82, 2.24) is 25.3 Å². The third-order valence-electron chi connectivity index (χ3n) is 4.47. The largest absolute Gasteiger partial charge is 0.425 e. The Labute approximate surface area is 128 Å². The van der Waals surface area contributed by atoms with E-state index in [9.17, 15) is 9.59 Å². The molecule has 1 aromatic heterocycles. The van der Waals surface area contributed by atoms with Gasteiger partial charge in [-0.15, -0.1) is 10.2 Å². The van der Waals surface area contributed by atoms with Gasteiger partial charge in [0.25, 0.3) is 0 Å². The van der Waals surface area contributed by atoms with Gasteiger partial charge in [-0.25, -0.2) is 4.79 Å². The molecule has 0 bridgehead atoms. The summed E-state index contributed by atoms with van der Waals surface area (Å²) in [7, 11) is 0. The van der Waals surface area contributed by atoms with E-state index in [0.717, 1.165) is 19.4 Å². The Bertz CT molecular complexity index is 573. The van der Waals surface area contributed by atoms with Gasteiger partial charge >= 0.3 is 6.03 Å². The van der Waals surface area contributed by atoms with Gasteiger partial charge in [0.15, 0.2) is 0 Å². The topological polar surface area (TPSA) is 91.6 Å². The number of carbonyl (C=O) groups excluding carboxylic acids is 2. The predicted molar refractivity (Wildman–Crippen MR) is 77.2 cm³/mol. The fourth-order valence-electron chi connectivity index (χ4n) is 3.20. The molecule has 0 unspecified atom stereocenters. The number of aromatic nitrogens is 2. The highest BCUT2D eigenvalue weighted by molar-refractivity contribution is 5.96. The SMILES string of the molecule is Cc1nnc([C@H]2CCCN(CC(=O)N3CCNC3=O)[C@H]2C)o1. The van der Waals surface area contributed by atoms with Crippen LogP contribution in [0.3, 0.4) is 0 Å². The van der Waals surface area contributed by atoms with Gasteiger partial charge in [-0.1, -0.05) is 0 Å². The summed E-state index contributed by atoms with van der Waals surface area (Å²) in [6.07, 6.45) is 1.94. The maximum absolute atomic E-state index is 12.3. The summed E-state index contributed by atoms with van der Waals surface area (Å²) in [4.78, 5) is 27.2. The minimum atomic E-state index is -0.293. The van der Waals surface area contributed by atoms with E-state index in [1.165, 1.54) is 4.90 Å². The van der Waals surface area contributed by atoms with Gasteiger partial charge in [-0.3, -0.25) is 14.6 Å². The van der Waals surface area contributed by atoms with Crippen molar-refractivity contribution in [2.24, 2.45) is 0 Å². The Hall–Kier alpha value is -1.96. The van der Waals surface area contributed by atoms with Gasteiger partial charge < -0.3 is 9.73 Å². The molecule has 2 aliphatic heterocycles. The number of imide groups is 1. The summed E-state index contributed by atoms with van der Waals surface area (Å²) in [5.74, 6) is 1.18. The van der Waals surface area contributed by atoms with Crippen molar-refractivity contribution in [3.8, 4) is 0 Å². The van der Waals surface area contributed by atoms with Gasteiger partial charge in [-0.2, -0.15) is 0 Å². The van der Waals surface area contributed by atoms with Crippen LogP contribution in [-0.2, 0) is 4.79 Å². The molecule has 22 heavy (non-hydrogen) atoms.